The molecule has 0 fully saturated rings. The van der Waals surface area contributed by atoms with Crippen LogP contribution in [0.4, 0.5) is 4.39 Å². The van der Waals surface area contributed by atoms with Crippen LogP contribution in [0, 0.1) is 17.1 Å². The summed E-state index contributed by atoms with van der Waals surface area (Å²) in [6.45, 7) is 3.52. The van der Waals surface area contributed by atoms with Gasteiger partial charge < -0.3 is 9.47 Å². The summed E-state index contributed by atoms with van der Waals surface area (Å²) in [5.74, 6) is 0.176. The van der Waals surface area contributed by atoms with Gasteiger partial charge in [0.05, 0.1) is 11.6 Å². The van der Waals surface area contributed by atoms with Crippen molar-refractivity contribution in [2.45, 2.75) is 45.3 Å². The first kappa shape index (κ1) is 17.7. The maximum Gasteiger partial charge on any atom is 0.170 e. The summed E-state index contributed by atoms with van der Waals surface area (Å²) in [6.07, 6.45) is 6.65. The van der Waals surface area contributed by atoms with Gasteiger partial charge in [-0.3, -0.25) is 4.79 Å². The third kappa shape index (κ3) is 4.69. The first-order valence-electron chi connectivity index (χ1n) is 7.95. The van der Waals surface area contributed by atoms with E-state index < -0.39 is 11.9 Å². The van der Waals surface area contributed by atoms with Crippen LogP contribution in [0.25, 0.3) is 0 Å². The Hall–Kier alpha value is -2.61. The molecular formula is C19H20FNO3. The van der Waals surface area contributed by atoms with Crippen LogP contribution in [0.1, 0.15) is 38.7 Å². The van der Waals surface area contributed by atoms with E-state index in [1.165, 1.54) is 19.1 Å². The number of rotatable bonds is 7. The molecule has 2 rings (SSSR count). The molecule has 0 aliphatic heterocycles. The van der Waals surface area contributed by atoms with Crippen LogP contribution in [0.2, 0.25) is 0 Å². The minimum Gasteiger partial charge on any atom is -0.483 e. The minimum absolute atomic E-state index is 0.00387. The topological polar surface area (TPSA) is 59.3 Å². The quantitative estimate of drug-likeness (QED) is 0.757. The van der Waals surface area contributed by atoms with E-state index in [1.807, 2.05) is 19.1 Å². The van der Waals surface area contributed by atoms with E-state index in [1.54, 1.807) is 12.2 Å². The number of hydrogen-bond donors (Lipinski definition) is 0. The van der Waals surface area contributed by atoms with E-state index in [4.69, 9.17) is 14.7 Å². The Balaban J connectivity index is 1.95. The molecule has 126 valence electrons. The highest BCUT2D eigenvalue weighted by atomic mass is 19.1. The summed E-state index contributed by atoms with van der Waals surface area (Å²) in [7, 11) is 0. The fourth-order valence-corrected chi connectivity index (χ4v) is 2.36. The highest BCUT2D eigenvalue weighted by Crippen LogP contribution is 2.23. The largest absolute Gasteiger partial charge is 0.483 e. The van der Waals surface area contributed by atoms with Crippen LogP contribution >= 0.6 is 0 Å². The average Bonchev–Trinajstić information content (AvgIpc) is 2.57. The minimum atomic E-state index is -0.562. The van der Waals surface area contributed by atoms with E-state index in [2.05, 4.69) is 0 Å². The Morgan fingerprint density at radius 2 is 2.29 bits per heavy atom. The fourth-order valence-electron chi connectivity index (χ4n) is 2.36. The molecule has 0 saturated heterocycles. The smallest absolute Gasteiger partial charge is 0.170 e. The van der Waals surface area contributed by atoms with E-state index in [9.17, 15) is 9.18 Å². The number of nitriles is 1. The fraction of sp³-hybridized carbons (Fsp3) is 0.368. The molecule has 0 N–H and O–H groups in total. The highest BCUT2D eigenvalue weighted by molar-refractivity contribution is 5.80. The van der Waals surface area contributed by atoms with E-state index >= 15 is 0 Å². The van der Waals surface area contributed by atoms with Crippen molar-refractivity contribution in [1.29, 1.82) is 5.26 Å². The third-order valence-electron chi connectivity index (χ3n) is 3.65. The average molecular weight is 329 g/mol. The zero-order chi connectivity index (χ0) is 17.5. The first-order valence-corrected chi connectivity index (χ1v) is 7.95. The third-order valence-corrected chi connectivity index (χ3v) is 3.65. The summed E-state index contributed by atoms with van der Waals surface area (Å²) in [5.41, 5.74) is 0.251. The molecule has 1 aliphatic rings. The number of carbonyl (C=O) groups excluding carboxylic acids is 1. The van der Waals surface area contributed by atoms with Crippen molar-refractivity contribution in [2.24, 2.45) is 0 Å². The lowest BCUT2D eigenvalue weighted by Gasteiger charge is -2.21. The summed E-state index contributed by atoms with van der Waals surface area (Å²) in [6, 6.07) is 5.99. The van der Waals surface area contributed by atoms with Crippen molar-refractivity contribution in [1.82, 2.24) is 0 Å². The van der Waals surface area contributed by atoms with Gasteiger partial charge in [-0.05, 0) is 49.8 Å². The van der Waals surface area contributed by atoms with Crippen molar-refractivity contribution in [3.63, 3.8) is 0 Å². The molecule has 0 aromatic heterocycles. The maximum atomic E-state index is 13.8. The summed E-state index contributed by atoms with van der Waals surface area (Å²) in [4.78, 5) is 11.5. The van der Waals surface area contributed by atoms with Crippen LogP contribution in [0.5, 0.6) is 5.75 Å². The predicted molar refractivity (Wildman–Crippen MR) is 87.8 cm³/mol. The molecular weight excluding hydrogens is 309 g/mol. The molecule has 24 heavy (non-hydrogen) atoms. The van der Waals surface area contributed by atoms with Crippen molar-refractivity contribution < 1.29 is 18.7 Å². The van der Waals surface area contributed by atoms with Crippen LogP contribution in [0.3, 0.4) is 0 Å². The van der Waals surface area contributed by atoms with Gasteiger partial charge in [0.15, 0.2) is 23.5 Å². The summed E-state index contributed by atoms with van der Waals surface area (Å²) in [5, 5.41) is 8.74. The normalized spacial score (nSPS) is 17.6. The van der Waals surface area contributed by atoms with Crippen molar-refractivity contribution in [2.75, 3.05) is 0 Å². The van der Waals surface area contributed by atoms with Gasteiger partial charge in [-0.1, -0.05) is 13.3 Å². The standard InChI is InChI=1S/C19H20FNO3/c1-3-4-18(13(2)22)23-15-6-8-16(9-7-15)24-19-10-5-14(12-21)11-17(19)20/h5-8,10-11,16,18H,3-4,9H2,1-2H3. The van der Waals surface area contributed by atoms with Crippen molar-refractivity contribution in [3.8, 4) is 11.8 Å². The Bertz CT molecular complexity index is 703. The lowest BCUT2D eigenvalue weighted by atomic mass is 10.1. The second-order valence-corrected chi connectivity index (χ2v) is 5.62. The van der Waals surface area contributed by atoms with Crippen LogP contribution in [-0.2, 0) is 9.53 Å². The summed E-state index contributed by atoms with van der Waals surface area (Å²) < 4.78 is 25.1. The van der Waals surface area contributed by atoms with Gasteiger partial charge in [-0.2, -0.15) is 5.26 Å². The van der Waals surface area contributed by atoms with Crippen LogP contribution < -0.4 is 4.74 Å². The molecule has 0 saturated carbocycles. The van der Waals surface area contributed by atoms with Gasteiger partial charge in [-0.15, -0.1) is 0 Å². The molecule has 4 nitrogen and oxygen atoms in total. The molecule has 0 spiro atoms. The Labute approximate surface area is 141 Å². The molecule has 1 aliphatic carbocycles. The molecule has 5 heteroatoms. The van der Waals surface area contributed by atoms with Gasteiger partial charge in [0.25, 0.3) is 0 Å². The van der Waals surface area contributed by atoms with Gasteiger partial charge in [-0.25, -0.2) is 4.39 Å². The lowest BCUT2D eigenvalue weighted by molar-refractivity contribution is -0.126. The number of nitrogens with zero attached hydrogens (tertiary/aromatic N) is 1. The van der Waals surface area contributed by atoms with E-state index in [-0.39, 0.29) is 23.2 Å². The van der Waals surface area contributed by atoms with Gasteiger partial charge in [0.2, 0.25) is 0 Å². The molecule has 0 heterocycles. The Morgan fingerprint density at radius 1 is 1.50 bits per heavy atom. The lowest BCUT2D eigenvalue weighted by Crippen LogP contribution is -2.22. The highest BCUT2D eigenvalue weighted by Gasteiger charge is 2.18. The van der Waals surface area contributed by atoms with Crippen LogP contribution in [0.15, 0.2) is 42.2 Å². The van der Waals surface area contributed by atoms with Crippen molar-refractivity contribution >= 4 is 5.78 Å². The number of ketones is 1. The predicted octanol–water partition coefficient (Wildman–Crippen LogP) is 4.06. The number of Topliss-reactive ketones (excluding diaryl/α,β-unsaturated/α-hetero) is 1. The van der Waals surface area contributed by atoms with Gasteiger partial charge in [0.1, 0.15) is 11.9 Å². The molecule has 0 amide bonds. The monoisotopic (exact) mass is 329 g/mol. The van der Waals surface area contributed by atoms with Gasteiger partial charge in [0, 0.05) is 6.42 Å². The molecule has 2 atom stereocenters. The van der Waals surface area contributed by atoms with E-state index in [0.717, 1.165) is 12.5 Å². The number of benzene rings is 1. The second-order valence-electron chi connectivity index (χ2n) is 5.62. The van der Waals surface area contributed by atoms with Crippen molar-refractivity contribution in [3.05, 3.63) is 53.6 Å². The number of allylic oxidation sites excluding steroid dienone is 1. The van der Waals surface area contributed by atoms with Crippen LogP contribution in [-0.4, -0.2) is 18.0 Å². The number of carbonyl (C=O) groups is 1. The zero-order valence-electron chi connectivity index (χ0n) is 13.8. The zero-order valence-corrected chi connectivity index (χ0v) is 13.8. The molecule has 1 aromatic carbocycles. The molecule has 2 unspecified atom stereocenters. The number of halogens is 1. The number of hydrogen-bond acceptors (Lipinski definition) is 4. The molecule has 0 radical (unpaired) electrons. The summed E-state index contributed by atoms with van der Waals surface area (Å²) >= 11 is 0. The molecule has 0 bridgehead atoms. The maximum absolute atomic E-state index is 13.8. The Morgan fingerprint density at radius 3 is 2.83 bits per heavy atom. The van der Waals surface area contributed by atoms with E-state index in [0.29, 0.717) is 18.6 Å². The Kier molecular flexibility index (Phi) is 6.14. The van der Waals surface area contributed by atoms with Gasteiger partial charge >= 0.3 is 0 Å². The first-order chi connectivity index (χ1) is 11.5. The molecule has 1 aromatic rings. The second kappa shape index (κ2) is 8.30. The number of ether oxygens (including phenoxy) is 2. The SMILES string of the molecule is CCCC(OC1=CCC(Oc2ccc(C#N)cc2F)C=C1)C(C)=O.